The van der Waals surface area contributed by atoms with Crippen LogP contribution in [0.25, 0.3) is 11.0 Å². The third-order valence-electron chi connectivity index (χ3n) is 3.87. The summed E-state index contributed by atoms with van der Waals surface area (Å²) in [6, 6.07) is 10.9. The maximum atomic E-state index is 13.3. The van der Waals surface area contributed by atoms with Crippen molar-refractivity contribution in [3.8, 4) is 0 Å². The predicted octanol–water partition coefficient (Wildman–Crippen LogP) is 4.27. The molecule has 0 radical (unpaired) electrons. The van der Waals surface area contributed by atoms with Gasteiger partial charge in [-0.15, -0.1) is 0 Å². The summed E-state index contributed by atoms with van der Waals surface area (Å²) in [6.45, 7) is 1.64. The number of nitrogens with one attached hydrogen (secondary N) is 1. The van der Waals surface area contributed by atoms with Gasteiger partial charge in [-0.25, -0.2) is 13.6 Å². The molecule has 0 aliphatic heterocycles. The van der Waals surface area contributed by atoms with E-state index in [2.05, 4.69) is 5.32 Å². The van der Waals surface area contributed by atoms with Gasteiger partial charge in [0, 0.05) is 11.1 Å². The Morgan fingerprint density at radius 3 is 2.42 bits per heavy atom. The smallest absolute Gasteiger partial charge is 0.418 e. The molecule has 5 nitrogen and oxygen atoms in total. The summed E-state index contributed by atoms with van der Waals surface area (Å²) >= 11 is 0. The van der Waals surface area contributed by atoms with Gasteiger partial charge >= 0.3 is 6.18 Å². The summed E-state index contributed by atoms with van der Waals surface area (Å²) < 4.78 is 68.3. The fourth-order valence-electron chi connectivity index (χ4n) is 2.58. The van der Waals surface area contributed by atoms with Crippen LogP contribution < -0.4 is 10.5 Å². The minimum Gasteiger partial charge on any atom is -0.459 e. The van der Waals surface area contributed by atoms with Gasteiger partial charge in [0.1, 0.15) is 11.3 Å². The Kier molecular flexibility index (Phi) is 4.45. The van der Waals surface area contributed by atoms with E-state index in [1.54, 1.807) is 25.1 Å². The van der Waals surface area contributed by atoms with Crippen LogP contribution in [0.1, 0.15) is 24.3 Å². The van der Waals surface area contributed by atoms with Crippen molar-refractivity contribution in [2.24, 2.45) is 5.14 Å². The van der Waals surface area contributed by atoms with Crippen molar-refractivity contribution >= 4 is 26.7 Å². The molecule has 3 rings (SSSR count). The number of hydrogen-bond donors (Lipinski definition) is 2. The molecule has 0 aliphatic rings. The number of benzene rings is 2. The van der Waals surface area contributed by atoms with Gasteiger partial charge in [0.05, 0.1) is 16.5 Å². The highest BCUT2D eigenvalue weighted by Crippen LogP contribution is 2.38. The van der Waals surface area contributed by atoms with Crippen LogP contribution in [-0.4, -0.2) is 8.42 Å². The summed E-state index contributed by atoms with van der Waals surface area (Å²) in [5.74, 6) is 0.454. The lowest BCUT2D eigenvalue weighted by Gasteiger charge is -2.18. The van der Waals surface area contributed by atoms with Crippen molar-refractivity contribution in [3.63, 3.8) is 0 Å². The van der Waals surface area contributed by atoms with Gasteiger partial charge in [0.25, 0.3) is 0 Å². The Labute approximate surface area is 147 Å². The third-order valence-corrected chi connectivity index (χ3v) is 4.78. The zero-order valence-corrected chi connectivity index (χ0v) is 14.4. The molecule has 1 aromatic heterocycles. The standard InChI is InChI=1S/C17H15F3N2O3S/c1-10(16-8-11-4-2-3-5-15(11)25-16)22-14-7-6-12(26(21,23)24)9-13(14)17(18,19)20/h2-10,22H,1H3,(H2,21,23,24). The van der Waals surface area contributed by atoms with Crippen LogP contribution in [0.5, 0.6) is 0 Å². The van der Waals surface area contributed by atoms with Crippen LogP contribution in [0.2, 0.25) is 0 Å². The predicted molar refractivity (Wildman–Crippen MR) is 91.1 cm³/mol. The van der Waals surface area contributed by atoms with Crippen LogP contribution in [0.15, 0.2) is 57.8 Å². The van der Waals surface area contributed by atoms with Gasteiger partial charge in [-0.1, -0.05) is 18.2 Å². The van der Waals surface area contributed by atoms with Crippen LogP contribution >= 0.6 is 0 Å². The SMILES string of the molecule is CC(Nc1ccc(S(N)(=O)=O)cc1C(F)(F)F)c1cc2ccccc2o1. The normalized spacial score (nSPS) is 13.7. The van der Waals surface area contributed by atoms with Crippen molar-refractivity contribution in [3.05, 3.63) is 59.9 Å². The number of furan rings is 1. The van der Waals surface area contributed by atoms with Crippen molar-refractivity contribution in [1.82, 2.24) is 0 Å². The first kappa shape index (κ1) is 18.3. The van der Waals surface area contributed by atoms with Crippen molar-refractivity contribution in [1.29, 1.82) is 0 Å². The molecule has 0 spiro atoms. The highest BCUT2D eigenvalue weighted by atomic mass is 32.2. The Balaban J connectivity index is 1.98. The molecule has 2 aromatic carbocycles. The third kappa shape index (κ3) is 3.68. The summed E-state index contributed by atoms with van der Waals surface area (Å²) in [5, 5.41) is 8.48. The molecule has 3 N–H and O–H groups in total. The number of fused-ring (bicyclic) bond motifs is 1. The summed E-state index contributed by atoms with van der Waals surface area (Å²) in [4.78, 5) is -0.605. The van der Waals surface area contributed by atoms with E-state index in [1.165, 1.54) is 0 Å². The molecule has 0 fully saturated rings. The summed E-state index contributed by atoms with van der Waals surface area (Å²) in [6.07, 6.45) is -4.75. The highest BCUT2D eigenvalue weighted by Gasteiger charge is 2.35. The Morgan fingerprint density at radius 1 is 1.12 bits per heavy atom. The number of rotatable bonds is 4. The van der Waals surface area contributed by atoms with E-state index >= 15 is 0 Å². The molecule has 1 atom stereocenters. The number of primary sulfonamides is 1. The molecule has 9 heteroatoms. The van der Waals surface area contributed by atoms with E-state index in [-0.39, 0.29) is 5.69 Å². The molecular weight excluding hydrogens is 369 g/mol. The van der Waals surface area contributed by atoms with Gasteiger partial charge in [0.2, 0.25) is 10.0 Å². The first-order valence-electron chi connectivity index (χ1n) is 7.55. The topological polar surface area (TPSA) is 85.3 Å². The Hall–Kier alpha value is -2.52. The fraction of sp³-hybridized carbons (Fsp3) is 0.176. The number of alkyl halides is 3. The molecule has 1 unspecified atom stereocenters. The number of nitrogens with two attached hydrogens (primary N) is 1. The van der Waals surface area contributed by atoms with Crippen LogP contribution in [0, 0.1) is 0 Å². The molecule has 0 saturated heterocycles. The largest absolute Gasteiger partial charge is 0.459 e. The van der Waals surface area contributed by atoms with Gasteiger partial charge in [-0.05, 0) is 37.3 Å². The van der Waals surface area contributed by atoms with E-state index in [4.69, 9.17) is 9.56 Å². The number of halogens is 3. The first-order valence-corrected chi connectivity index (χ1v) is 9.09. The van der Waals surface area contributed by atoms with Crippen LogP contribution in [0.3, 0.4) is 0 Å². The maximum Gasteiger partial charge on any atom is 0.418 e. The minimum atomic E-state index is -4.75. The monoisotopic (exact) mass is 384 g/mol. The molecule has 0 saturated carbocycles. The lowest BCUT2D eigenvalue weighted by atomic mass is 10.1. The van der Waals surface area contributed by atoms with E-state index in [0.717, 1.165) is 17.5 Å². The van der Waals surface area contributed by atoms with Gasteiger partial charge in [-0.3, -0.25) is 0 Å². The lowest BCUT2D eigenvalue weighted by molar-refractivity contribution is -0.137. The van der Waals surface area contributed by atoms with E-state index in [1.807, 2.05) is 12.1 Å². The summed E-state index contributed by atoms with van der Waals surface area (Å²) in [5.41, 5.74) is -0.762. The highest BCUT2D eigenvalue weighted by molar-refractivity contribution is 7.89. The second kappa shape index (κ2) is 6.33. The Bertz CT molecular complexity index is 1030. The molecule has 1 heterocycles. The number of hydrogen-bond acceptors (Lipinski definition) is 4. The average Bonchev–Trinajstić information content (AvgIpc) is 2.97. The minimum absolute atomic E-state index is 0.266. The molecule has 3 aromatic rings. The van der Waals surface area contributed by atoms with E-state index in [0.29, 0.717) is 17.4 Å². The second-order valence-electron chi connectivity index (χ2n) is 5.80. The number of sulfonamides is 1. The summed E-state index contributed by atoms with van der Waals surface area (Å²) in [7, 11) is -4.25. The number of anilines is 1. The zero-order valence-electron chi connectivity index (χ0n) is 13.5. The fourth-order valence-corrected chi connectivity index (χ4v) is 3.12. The molecule has 0 bridgehead atoms. The van der Waals surface area contributed by atoms with E-state index in [9.17, 15) is 21.6 Å². The molecular formula is C17H15F3N2O3S. The van der Waals surface area contributed by atoms with Crippen molar-refractivity contribution in [2.75, 3.05) is 5.32 Å². The molecule has 26 heavy (non-hydrogen) atoms. The Morgan fingerprint density at radius 2 is 1.81 bits per heavy atom. The van der Waals surface area contributed by atoms with Crippen molar-refractivity contribution in [2.45, 2.75) is 24.0 Å². The molecule has 138 valence electrons. The van der Waals surface area contributed by atoms with Crippen LogP contribution in [0.4, 0.5) is 18.9 Å². The molecule has 0 aliphatic carbocycles. The molecule has 0 amide bonds. The zero-order chi connectivity index (χ0) is 19.1. The van der Waals surface area contributed by atoms with Crippen LogP contribution in [-0.2, 0) is 16.2 Å². The van der Waals surface area contributed by atoms with Gasteiger partial charge < -0.3 is 9.73 Å². The lowest BCUT2D eigenvalue weighted by Crippen LogP contribution is -2.17. The van der Waals surface area contributed by atoms with Gasteiger partial charge in [-0.2, -0.15) is 13.2 Å². The quantitative estimate of drug-likeness (QED) is 0.703. The van der Waals surface area contributed by atoms with Crippen molar-refractivity contribution < 1.29 is 26.0 Å². The first-order chi connectivity index (χ1) is 12.1. The van der Waals surface area contributed by atoms with E-state index < -0.39 is 32.7 Å². The number of para-hydroxylation sites is 1. The second-order valence-corrected chi connectivity index (χ2v) is 7.36. The van der Waals surface area contributed by atoms with Gasteiger partial charge in [0.15, 0.2) is 0 Å². The average molecular weight is 384 g/mol. The maximum absolute atomic E-state index is 13.3.